The predicted octanol–water partition coefficient (Wildman–Crippen LogP) is 4.04. The van der Waals surface area contributed by atoms with E-state index in [0.29, 0.717) is 6.04 Å². The van der Waals surface area contributed by atoms with Crippen LogP contribution in [-0.2, 0) is 0 Å². The molecule has 2 aromatic rings. The zero-order valence-electron chi connectivity index (χ0n) is 9.31. The zero-order valence-corrected chi connectivity index (χ0v) is 10.9. The Labute approximate surface area is 104 Å². The van der Waals surface area contributed by atoms with Crippen LogP contribution in [0.2, 0.25) is 0 Å². The Bertz CT molecular complexity index is 423. The highest BCUT2D eigenvalue weighted by Gasteiger charge is 2.05. The molecule has 4 heteroatoms. The number of nitrogens with zero attached hydrogens (tertiary/aromatic N) is 1. The molecular formula is C12H14N2S2. The van der Waals surface area contributed by atoms with Gasteiger partial charge in [-0.2, -0.15) is 11.3 Å². The van der Waals surface area contributed by atoms with Gasteiger partial charge in [-0.05, 0) is 47.7 Å². The molecule has 0 saturated carbocycles. The summed E-state index contributed by atoms with van der Waals surface area (Å²) in [4.78, 5) is 5.56. The monoisotopic (exact) mass is 250 g/mol. The molecule has 1 atom stereocenters. The molecule has 0 saturated heterocycles. The van der Waals surface area contributed by atoms with E-state index in [9.17, 15) is 0 Å². The number of nitrogens with one attached hydrogen (secondary N) is 1. The summed E-state index contributed by atoms with van der Waals surface area (Å²) in [6, 6.07) is 6.55. The second-order valence-electron chi connectivity index (χ2n) is 3.51. The summed E-state index contributed by atoms with van der Waals surface area (Å²) in [7, 11) is 0. The van der Waals surface area contributed by atoms with Gasteiger partial charge in [-0.3, -0.25) is 0 Å². The molecular weight excluding hydrogens is 236 g/mol. The van der Waals surface area contributed by atoms with Crippen molar-refractivity contribution in [3.63, 3.8) is 0 Å². The van der Waals surface area contributed by atoms with Gasteiger partial charge in [-0.15, -0.1) is 11.8 Å². The van der Waals surface area contributed by atoms with Crippen LogP contribution in [0.1, 0.15) is 18.5 Å². The number of hydrogen-bond acceptors (Lipinski definition) is 4. The van der Waals surface area contributed by atoms with Gasteiger partial charge in [-0.25, -0.2) is 4.98 Å². The lowest BCUT2D eigenvalue weighted by Gasteiger charge is -2.13. The van der Waals surface area contributed by atoms with Gasteiger partial charge >= 0.3 is 0 Å². The fourth-order valence-corrected chi connectivity index (χ4v) is 2.53. The van der Waals surface area contributed by atoms with Gasteiger partial charge in [0.1, 0.15) is 5.82 Å². The van der Waals surface area contributed by atoms with Crippen LogP contribution in [0, 0.1) is 0 Å². The smallest absolute Gasteiger partial charge is 0.126 e. The van der Waals surface area contributed by atoms with Crippen molar-refractivity contribution in [3.05, 3.63) is 40.7 Å². The number of pyridine rings is 1. The number of thioether (sulfide) groups is 1. The van der Waals surface area contributed by atoms with Crippen molar-refractivity contribution < 1.29 is 0 Å². The third kappa shape index (κ3) is 2.77. The normalized spacial score (nSPS) is 12.4. The first-order chi connectivity index (χ1) is 7.79. The Kier molecular flexibility index (Phi) is 3.85. The third-order valence-corrected chi connectivity index (χ3v) is 3.79. The quantitative estimate of drug-likeness (QED) is 0.829. The predicted molar refractivity (Wildman–Crippen MR) is 72.4 cm³/mol. The van der Waals surface area contributed by atoms with Crippen LogP contribution in [0.25, 0.3) is 0 Å². The van der Waals surface area contributed by atoms with Crippen molar-refractivity contribution in [1.29, 1.82) is 0 Å². The maximum Gasteiger partial charge on any atom is 0.126 e. The number of thiophene rings is 1. The minimum atomic E-state index is 0.305. The highest BCUT2D eigenvalue weighted by molar-refractivity contribution is 7.98. The van der Waals surface area contributed by atoms with Crippen molar-refractivity contribution >= 4 is 28.9 Å². The lowest BCUT2D eigenvalue weighted by Crippen LogP contribution is -2.06. The Balaban J connectivity index is 2.03. The van der Waals surface area contributed by atoms with E-state index in [0.717, 1.165) is 5.82 Å². The number of anilines is 1. The molecule has 0 aromatic carbocycles. The van der Waals surface area contributed by atoms with Crippen LogP contribution in [0.4, 0.5) is 5.82 Å². The van der Waals surface area contributed by atoms with Crippen LogP contribution in [0.15, 0.2) is 40.1 Å². The van der Waals surface area contributed by atoms with Gasteiger partial charge < -0.3 is 5.32 Å². The molecule has 0 radical (unpaired) electrons. The minimum absolute atomic E-state index is 0.305. The molecule has 2 nitrogen and oxygen atoms in total. The van der Waals surface area contributed by atoms with E-state index < -0.39 is 0 Å². The molecule has 1 unspecified atom stereocenters. The van der Waals surface area contributed by atoms with E-state index in [-0.39, 0.29) is 0 Å². The second-order valence-corrected chi connectivity index (χ2v) is 5.17. The van der Waals surface area contributed by atoms with E-state index in [1.54, 1.807) is 23.1 Å². The summed E-state index contributed by atoms with van der Waals surface area (Å²) in [5.74, 6) is 0.927. The van der Waals surface area contributed by atoms with Crippen molar-refractivity contribution in [2.45, 2.75) is 17.9 Å². The maximum absolute atomic E-state index is 4.37. The molecule has 1 N–H and O–H groups in total. The summed E-state index contributed by atoms with van der Waals surface area (Å²) < 4.78 is 0. The first-order valence-electron chi connectivity index (χ1n) is 5.08. The van der Waals surface area contributed by atoms with E-state index >= 15 is 0 Å². The Hall–Kier alpha value is -1.00. The van der Waals surface area contributed by atoms with Gasteiger partial charge in [0.05, 0.1) is 6.04 Å². The largest absolute Gasteiger partial charge is 0.364 e. The van der Waals surface area contributed by atoms with Crippen molar-refractivity contribution in [3.8, 4) is 0 Å². The molecule has 0 aliphatic carbocycles. The van der Waals surface area contributed by atoms with E-state index in [1.807, 2.05) is 12.3 Å². The lowest BCUT2D eigenvalue weighted by molar-refractivity contribution is 0.878. The van der Waals surface area contributed by atoms with Gasteiger partial charge in [0, 0.05) is 11.1 Å². The van der Waals surface area contributed by atoms with E-state index in [4.69, 9.17) is 0 Å². The van der Waals surface area contributed by atoms with Gasteiger partial charge in [0.2, 0.25) is 0 Å². The topological polar surface area (TPSA) is 24.9 Å². The molecule has 2 heterocycles. The first kappa shape index (κ1) is 11.5. The van der Waals surface area contributed by atoms with E-state index in [2.05, 4.69) is 46.4 Å². The number of rotatable bonds is 4. The number of hydrogen-bond donors (Lipinski definition) is 1. The van der Waals surface area contributed by atoms with Crippen LogP contribution in [0.5, 0.6) is 0 Å². The molecule has 0 aliphatic heterocycles. The molecule has 0 bridgehead atoms. The van der Waals surface area contributed by atoms with Crippen LogP contribution < -0.4 is 5.32 Å². The average Bonchev–Trinajstić information content (AvgIpc) is 2.83. The summed E-state index contributed by atoms with van der Waals surface area (Å²) in [6.45, 7) is 2.15. The molecule has 84 valence electrons. The Morgan fingerprint density at radius 2 is 2.25 bits per heavy atom. The number of aromatic nitrogens is 1. The van der Waals surface area contributed by atoms with Crippen LogP contribution >= 0.6 is 23.1 Å². The van der Waals surface area contributed by atoms with Crippen molar-refractivity contribution in [2.75, 3.05) is 11.6 Å². The standard InChI is InChI=1S/C12H14N2S2/c1-9(10-5-6-16-8-10)14-12-4-3-11(15-2)7-13-12/h3-9H,1-2H3,(H,13,14). The second kappa shape index (κ2) is 5.37. The minimum Gasteiger partial charge on any atom is -0.364 e. The molecule has 2 aromatic heterocycles. The lowest BCUT2D eigenvalue weighted by atomic mass is 10.2. The van der Waals surface area contributed by atoms with Crippen LogP contribution in [-0.4, -0.2) is 11.2 Å². The fraction of sp³-hybridized carbons (Fsp3) is 0.250. The zero-order chi connectivity index (χ0) is 11.4. The molecule has 0 amide bonds. The highest BCUT2D eigenvalue weighted by Crippen LogP contribution is 2.21. The molecule has 0 spiro atoms. The Morgan fingerprint density at radius 1 is 1.38 bits per heavy atom. The third-order valence-electron chi connectivity index (χ3n) is 2.38. The van der Waals surface area contributed by atoms with Gasteiger partial charge in [-0.1, -0.05) is 0 Å². The summed E-state index contributed by atoms with van der Waals surface area (Å²) in [5.41, 5.74) is 1.31. The summed E-state index contributed by atoms with van der Waals surface area (Å²) in [6.07, 6.45) is 3.95. The molecule has 2 rings (SSSR count). The summed E-state index contributed by atoms with van der Waals surface area (Å²) >= 11 is 3.43. The average molecular weight is 250 g/mol. The van der Waals surface area contributed by atoms with Gasteiger partial charge in [0.15, 0.2) is 0 Å². The van der Waals surface area contributed by atoms with Gasteiger partial charge in [0.25, 0.3) is 0 Å². The van der Waals surface area contributed by atoms with Crippen molar-refractivity contribution in [1.82, 2.24) is 4.98 Å². The molecule has 16 heavy (non-hydrogen) atoms. The van der Waals surface area contributed by atoms with Crippen molar-refractivity contribution in [2.24, 2.45) is 0 Å². The molecule has 0 fully saturated rings. The SMILES string of the molecule is CSc1ccc(NC(C)c2ccsc2)nc1. The summed E-state index contributed by atoms with van der Waals surface area (Å²) in [5, 5.41) is 7.64. The fourth-order valence-electron chi connectivity index (χ4n) is 1.41. The maximum atomic E-state index is 4.37. The highest BCUT2D eigenvalue weighted by atomic mass is 32.2. The Morgan fingerprint density at radius 3 is 2.81 bits per heavy atom. The molecule has 0 aliphatic rings. The van der Waals surface area contributed by atoms with Crippen LogP contribution in [0.3, 0.4) is 0 Å². The van der Waals surface area contributed by atoms with E-state index in [1.165, 1.54) is 10.5 Å². The first-order valence-corrected chi connectivity index (χ1v) is 7.25.